The first-order chi connectivity index (χ1) is 11.2. The Labute approximate surface area is 142 Å². The second-order valence-electron chi connectivity index (χ2n) is 5.54. The van der Waals surface area contributed by atoms with Crippen molar-refractivity contribution in [3.8, 4) is 0 Å². The molecular weight excluding hydrogens is 339 g/mol. The lowest BCUT2D eigenvalue weighted by atomic mass is 9.94. The number of nitrogens with zero attached hydrogens (tertiary/aromatic N) is 2. The van der Waals surface area contributed by atoms with E-state index >= 15 is 0 Å². The van der Waals surface area contributed by atoms with Crippen LogP contribution in [-0.2, 0) is 17.5 Å². The molecule has 1 heterocycles. The topological polar surface area (TPSA) is 59.2 Å². The second kappa shape index (κ2) is 7.31. The van der Waals surface area contributed by atoms with E-state index in [0.717, 1.165) is 22.3 Å². The summed E-state index contributed by atoms with van der Waals surface area (Å²) in [6, 6.07) is 8.73. The summed E-state index contributed by atoms with van der Waals surface area (Å²) in [5.41, 5.74) is 6.02. The van der Waals surface area contributed by atoms with Crippen molar-refractivity contribution in [3.05, 3.63) is 52.0 Å². The minimum atomic E-state index is -4.47. The van der Waals surface area contributed by atoms with Crippen molar-refractivity contribution in [2.24, 2.45) is 11.7 Å². The maximum Gasteiger partial charge on any atom is 0.434 e. The number of amides is 1. The first-order valence-electron chi connectivity index (χ1n) is 7.27. The second-order valence-corrected chi connectivity index (χ2v) is 6.49. The lowest BCUT2D eigenvalue weighted by Crippen LogP contribution is -2.36. The van der Waals surface area contributed by atoms with Crippen LogP contribution in [0.25, 0.3) is 0 Å². The van der Waals surface area contributed by atoms with E-state index in [-0.39, 0.29) is 17.5 Å². The summed E-state index contributed by atoms with van der Waals surface area (Å²) in [5.74, 6) is -0.741. The molecule has 2 N–H and O–H groups in total. The van der Waals surface area contributed by atoms with Gasteiger partial charge in [-0.05, 0) is 5.56 Å². The van der Waals surface area contributed by atoms with E-state index in [4.69, 9.17) is 5.73 Å². The quantitative estimate of drug-likeness (QED) is 0.892. The molecule has 2 atom stereocenters. The lowest BCUT2D eigenvalue weighted by molar-refractivity contribution is -0.140. The molecule has 0 saturated heterocycles. The first kappa shape index (κ1) is 18.4. The SMILES string of the molecule is CC(C(=O)N(C)Cc1nc(C(F)(F)F)cs1)C(N)c1ccccc1. The summed E-state index contributed by atoms with van der Waals surface area (Å²) < 4.78 is 37.7. The van der Waals surface area contributed by atoms with Gasteiger partial charge in [0.1, 0.15) is 5.01 Å². The van der Waals surface area contributed by atoms with Gasteiger partial charge in [0.2, 0.25) is 5.91 Å². The molecule has 2 aromatic rings. The van der Waals surface area contributed by atoms with Gasteiger partial charge in [-0.1, -0.05) is 37.3 Å². The van der Waals surface area contributed by atoms with Gasteiger partial charge < -0.3 is 10.6 Å². The molecule has 0 aliphatic heterocycles. The summed E-state index contributed by atoms with van der Waals surface area (Å²) in [4.78, 5) is 17.4. The predicted molar refractivity (Wildman–Crippen MR) is 86.1 cm³/mol. The standard InChI is InChI=1S/C16H18F3N3OS/c1-10(14(20)11-6-4-3-5-7-11)15(23)22(2)8-13-21-12(9-24-13)16(17,18)19/h3-7,9-10,14H,8,20H2,1-2H3. The van der Waals surface area contributed by atoms with Crippen LogP contribution in [0.15, 0.2) is 35.7 Å². The molecule has 0 spiro atoms. The van der Waals surface area contributed by atoms with Crippen molar-refractivity contribution in [2.75, 3.05) is 7.05 Å². The average molecular weight is 357 g/mol. The molecule has 0 fully saturated rings. The van der Waals surface area contributed by atoms with E-state index in [1.54, 1.807) is 6.92 Å². The molecule has 0 aliphatic rings. The van der Waals surface area contributed by atoms with Crippen LogP contribution < -0.4 is 5.73 Å². The van der Waals surface area contributed by atoms with Crippen molar-refractivity contribution in [2.45, 2.75) is 25.7 Å². The molecule has 24 heavy (non-hydrogen) atoms. The van der Waals surface area contributed by atoms with Crippen LogP contribution in [0.5, 0.6) is 0 Å². The molecule has 0 bridgehead atoms. The highest BCUT2D eigenvalue weighted by molar-refractivity contribution is 7.09. The number of alkyl halides is 3. The molecule has 2 unspecified atom stereocenters. The molecule has 0 radical (unpaired) electrons. The van der Waals surface area contributed by atoms with Gasteiger partial charge in [-0.2, -0.15) is 13.2 Å². The van der Waals surface area contributed by atoms with Gasteiger partial charge >= 0.3 is 6.18 Å². The molecule has 1 amide bonds. The van der Waals surface area contributed by atoms with Gasteiger partial charge in [0.25, 0.3) is 0 Å². The Hall–Kier alpha value is -1.93. The minimum absolute atomic E-state index is 0.0193. The van der Waals surface area contributed by atoms with E-state index in [2.05, 4.69) is 4.98 Å². The Balaban J connectivity index is 2.02. The number of thiazole rings is 1. The van der Waals surface area contributed by atoms with Crippen molar-refractivity contribution in [1.29, 1.82) is 0 Å². The van der Waals surface area contributed by atoms with Gasteiger partial charge in [0, 0.05) is 18.5 Å². The maximum absolute atomic E-state index is 12.6. The van der Waals surface area contributed by atoms with Crippen molar-refractivity contribution >= 4 is 17.2 Å². The van der Waals surface area contributed by atoms with E-state index in [1.165, 1.54) is 11.9 Å². The van der Waals surface area contributed by atoms with Crippen LogP contribution in [0.2, 0.25) is 0 Å². The summed E-state index contributed by atoms with van der Waals surface area (Å²) >= 11 is 0.882. The average Bonchev–Trinajstić information content (AvgIpc) is 3.02. The van der Waals surface area contributed by atoms with Gasteiger partial charge in [-0.15, -0.1) is 11.3 Å². The van der Waals surface area contributed by atoms with Crippen molar-refractivity contribution in [1.82, 2.24) is 9.88 Å². The molecule has 1 aromatic heterocycles. The van der Waals surface area contributed by atoms with Gasteiger partial charge in [-0.3, -0.25) is 4.79 Å². The Bertz CT molecular complexity index is 687. The highest BCUT2D eigenvalue weighted by Gasteiger charge is 2.34. The minimum Gasteiger partial charge on any atom is -0.339 e. The summed E-state index contributed by atoms with van der Waals surface area (Å²) in [5, 5.41) is 1.19. The van der Waals surface area contributed by atoms with Gasteiger partial charge in [0.05, 0.1) is 12.5 Å². The van der Waals surface area contributed by atoms with E-state index in [1.807, 2.05) is 30.3 Å². The molecule has 8 heteroatoms. The van der Waals surface area contributed by atoms with Crippen LogP contribution in [-0.4, -0.2) is 22.8 Å². The van der Waals surface area contributed by atoms with Crippen LogP contribution in [0.4, 0.5) is 13.2 Å². The van der Waals surface area contributed by atoms with Gasteiger partial charge in [0.15, 0.2) is 5.69 Å². The number of carbonyl (C=O) groups excluding carboxylic acids is 1. The van der Waals surface area contributed by atoms with Crippen molar-refractivity contribution in [3.63, 3.8) is 0 Å². The Kier molecular flexibility index (Phi) is 5.61. The molecule has 130 valence electrons. The summed E-state index contributed by atoms with van der Waals surface area (Å²) in [6.45, 7) is 1.73. The predicted octanol–water partition coefficient (Wildman–Crippen LogP) is 3.46. The fourth-order valence-electron chi connectivity index (χ4n) is 2.26. The van der Waals surface area contributed by atoms with Crippen molar-refractivity contribution < 1.29 is 18.0 Å². The zero-order chi connectivity index (χ0) is 17.9. The molecule has 4 nitrogen and oxygen atoms in total. The number of hydrogen-bond acceptors (Lipinski definition) is 4. The Morgan fingerprint density at radius 3 is 2.50 bits per heavy atom. The first-order valence-corrected chi connectivity index (χ1v) is 8.15. The molecule has 1 aromatic carbocycles. The number of nitrogens with two attached hydrogens (primary N) is 1. The largest absolute Gasteiger partial charge is 0.434 e. The molecule has 2 rings (SSSR count). The third kappa shape index (κ3) is 4.33. The summed E-state index contributed by atoms with van der Waals surface area (Å²) in [6.07, 6.45) is -4.47. The number of halogens is 3. The lowest BCUT2D eigenvalue weighted by Gasteiger charge is -2.25. The number of benzene rings is 1. The zero-order valence-electron chi connectivity index (χ0n) is 13.2. The van der Waals surface area contributed by atoms with E-state index < -0.39 is 23.8 Å². The van der Waals surface area contributed by atoms with Gasteiger partial charge in [-0.25, -0.2) is 4.98 Å². The number of hydrogen-bond donors (Lipinski definition) is 1. The number of aromatic nitrogens is 1. The normalized spacial score (nSPS) is 14.2. The van der Waals surface area contributed by atoms with Crippen LogP contribution in [0.3, 0.4) is 0 Å². The zero-order valence-corrected chi connectivity index (χ0v) is 14.1. The monoisotopic (exact) mass is 357 g/mol. The molecule has 0 saturated carbocycles. The van der Waals surface area contributed by atoms with Crippen LogP contribution >= 0.6 is 11.3 Å². The van der Waals surface area contributed by atoms with Crippen LogP contribution in [0.1, 0.15) is 29.2 Å². The maximum atomic E-state index is 12.6. The highest BCUT2D eigenvalue weighted by atomic mass is 32.1. The fourth-order valence-corrected chi connectivity index (χ4v) is 3.11. The molecule has 0 aliphatic carbocycles. The Morgan fingerprint density at radius 1 is 1.33 bits per heavy atom. The third-order valence-electron chi connectivity index (χ3n) is 3.70. The molecular formula is C16H18F3N3OS. The van der Waals surface area contributed by atoms with E-state index in [0.29, 0.717) is 0 Å². The smallest absolute Gasteiger partial charge is 0.339 e. The Morgan fingerprint density at radius 2 is 1.96 bits per heavy atom. The third-order valence-corrected chi connectivity index (χ3v) is 4.54. The van der Waals surface area contributed by atoms with Crippen LogP contribution in [0, 0.1) is 5.92 Å². The fraction of sp³-hybridized carbons (Fsp3) is 0.375. The number of rotatable bonds is 5. The summed E-state index contributed by atoms with van der Waals surface area (Å²) in [7, 11) is 1.53. The number of carbonyl (C=O) groups is 1. The highest BCUT2D eigenvalue weighted by Crippen LogP contribution is 2.30. The van der Waals surface area contributed by atoms with E-state index in [9.17, 15) is 18.0 Å².